The molecule has 0 spiro atoms. The van der Waals surface area contributed by atoms with Gasteiger partial charge in [-0.05, 0) is 96.3 Å². The lowest BCUT2D eigenvalue weighted by Crippen LogP contribution is -2.27. The molecule has 6 rings (SSSR count). The van der Waals surface area contributed by atoms with Crippen molar-refractivity contribution in [1.29, 1.82) is 0 Å². The van der Waals surface area contributed by atoms with Crippen molar-refractivity contribution in [1.82, 2.24) is 29.1 Å². The molecule has 0 fully saturated rings. The smallest absolute Gasteiger partial charge is 0.412 e. The fraction of sp³-hybridized carbons (Fsp3) is 0.311. The summed E-state index contributed by atoms with van der Waals surface area (Å²) in [4.78, 5) is 50.5. The zero-order valence-electron chi connectivity index (χ0n) is 37.5. The number of fused-ring (bicyclic) bond motifs is 2. The van der Waals surface area contributed by atoms with Crippen molar-refractivity contribution in [2.75, 3.05) is 56.0 Å². The van der Waals surface area contributed by atoms with Crippen LogP contribution in [-0.4, -0.2) is 93.6 Å². The Morgan fingerprint density at radius 1 is 0.922 bits per heavy atom. The predicted octanol–water partition coefficient (Wildman–Crippen LogP) is 6.18. The molecule has 0 aliphatic heterocycles. The average Bonchev–Trinajstić information content (AvgIpc) is 3.97. The van der Waals surface area contributed by atoms with E-state index in [-0.39, 0.29) is 12.2 Å². The minimum atomic E-state index is -0.628. The van der Waals surface area contributed by atoms with Gasteiger partial charge in [-0.1, -0.05) is 18.2 Å². The number of benzene rings is 3. The Morgan fingerprint density at radius 2 is 1.67 bits per heavy atom. The number of aromatic nitrogens is 6. The first-order valence-corrected chi connectivity index (χ1v) is 20.3. The van der Waals surface area contributed by atoms with Crippen molar-refractivity contribution < 1.29 is 33.4 Å². The van der Waals surface area contributed by atoms with E-state index in [4.69, 9.17) is 25.7 Å². The number of allylic oxidation sites excluding steroid dienone is 2. The van der Waals surface area contributed by atoms with E-state index >= 15 is 0 Å². The number of rotatable bonds is 17. The summed E-state index contributed by atoms with van der Waals surface area (Å²) in [6.07, 6.45) is 10.4. The summed E-state index contributed by atoms with van der Waals surface area (Å²) in [5.74, 6) is 0.901. The number of carbonyl (C=O) groups excluding carboxylic acids is 4. The first-order chi connectivity index (χ1) is 30.7. The van der Waals surface area contributed by atoms with Gasteiger partial charge in [0.2, 0.25) is 11.9 Å². The molecule has 2 amide bonds. The van der Waals surface area contributed by atoms with Crippen molar-refractivity contribution in [2.45, 2.75) is 59.9 Å². The van der Waals surface area contributed by atoms with Crippen LogP contribution in [-0.2, 0) is 24.4 Å². The number of imidazole rings is 1. The minimum absolute atomic E-state index is 0.184. The molecule has 0 aliphatic carbocycles. The van der Waals surface area contributed by atoms with Gasteiger partial charge in [-0.25, -0.2) is 9.78 Å². The molecule has 6 aromatic rings. The maximum atomic E-state index is 12.1. The lowest BCUT2D eigenvalue weighted by atomic mass is 10.1. The van der Waals surface area contributed by atoms with Crippen molar-refractivity contribution in [3.8, 4) is 11.5 Å². The number of primary amides is 1. The Balaban J connectivity index is 0.000000652. The molecule has 19 nitrogen and oxygen atoms in total. The maximum Gasteiger partial charge on any atom is 0.412 e. The second-order valence-electron chi connectivity index (χ2n) is 14.8. The number of nitrogens with zero attached hydrogens (tertiary/aromatic N) is 6. The molecule has 3 aromatic carbocycles. The average molecular weight is 879 g/mol. The van der Waals surface area contributed by atoms with Crippen LogP contribution in [0.25, 0.3) is 21.9 Å². The van der Waals surface area contributed by atoms with Gasteiger partial charge < -0.3 is 46.6 Å². The lowest BCUT2D eigenvalue weighted by Gasteiger charge is -2.19. The highest BCUT2D eigenvalue weighted by atomic mass is 16.6. The van der Waals surface area contributed by atoms with Crippen molar-refractivity contribution in [3.63, 3.8) is 0 Å². The number of hydrogen-bond donors (Lipinski definition) is 6. The fourth-order valence-corrected chi connectivity index (χ4v) is 6.38. The van der Waals surface area contributed by atoms with Crippen molar-refractivity contribution in [3.05, 3.63) is 102 Å². The van der Waals surface area contributed by atoms with Crippen LogP contribution < -0.4 is 42.6 Å². The predicted molar refractivity (Wildman–Crippen MR) is 251 cm³/mol. The number of methoxy groups -OCH3 is 1. The Hall–Kier alpha value is -7.67. The van der Waals surface area contributed by atoms with Crippen molar-refractivity contribution >= 4 is 69.5 Å². The maximum absolute atomic E-state index is 12.1. The van der Waals surface area contributed by atoms with Crippen LogP contribution in [0.15, 0.2) is 79.0 Å². The van der Waals surface area contributed by atoms with Gasteiger partial charge in [0.25, 0.3) is 0 Å². The molecule has 0 saturated heterocycles. The molecule has 0 aliphatic rings. The first kappa shape index (κ1) is 49.0. The van der Waals surface area contributed by atoms with Gasteiger partial charge in [0.1, 0.15) is 46.9 Å². The van der Waals surface area contributed by atoms with E-state index in [9.17, 15) is 19.2 Å². The summed E-state index contributed by atoms with van der Waals surface area (Å²) >= 11 is 0. The zero-order chi connectivity index (χ0) is 47.0. The molecular weight excluding hydrogens is 821 g/mol. The quantitative estimate of drug-likeness (QED) is 0.0340. The van der Waals surface area contributed by atoms with Gasteiger partial charge in [-0.2, -0.15) is 10.2 Å². The van der Waals surface area contributed by atoms with Crippen molar-refractivity contribution in [2.24, 2.45) is 11.5 Å². The first-order valence-electron chi connectivity index (χ1n) is 20.3. The molecule has 0 atom stereocenters. The molecule has 3 aromatic heterocycles. The van der Waals surface area contributed by atoms with Crippen LogP contribution in [0.1, 0.15) is 64.6 Å². The van der Waals surface area contributed by atoms with Crippen LogP contribution in [0.3, 0.4) is 0 Å². The largest absolute Gasteiger partial charge is 0.494 e. The molecular formula is C45H58N12O7. The van der Waals surface area contributed by atoms with Crippen LogP contribution >= 0.6 is 0 Å². The SMILES string of the molecule is CCn1nc(C)cc1C=O.CN.CNc1nc2cc(C=O)cc(OC)c2n1C/C=C/CNc1c(N)cc(C(N)=O)cc1OC/C=C/Cn1ncc2cc(NC(=O)OC(C)(C)C)ccc21. The summed E-state index contributed by atoms with van der Waals surface area (Å²) < 4.78 is 22.4. The molecule has 3 heterocycles. The Labute approximate surface area is 371 Å². The number of nitrogens with one attached hydrogen (secondary N) is 3. The number of carbonyl (C=O) groups is 4. The van der Waals surface area contributed by atoms with Gasteiger partial charge in [0.15, 0.2) is 6.29 Å². The van der Waals surface area contributed by atoms with E-state index in [0.717, 1.165) is 41.2 Å². The number of aldehydes is 2. The lowest BCUT2D eigenvalue weighted by molar-refractivity contribution is 0.0635. The molecule has 340 valence electrons. The third-order valence-electron chi connectivity index (χ3n) is 9.10. The summed E-state index contributed by atoms with van der Waals surface area (Å²) in [7, 11) is 4.82. The Bertz CT molecular complexity index is 2620. The second-order valence-corrected chi connectivity index (χ2v) is 14.8. The van der Waals surface area contributed by atoms with Gasteiger partial charge in [0.05, 0.1) is 42.3 Å². The van der Waals surface area contributed by atoms with Gasteiger partial charge in [-0.3, -0.25) is 29.1 Å². The fourth-order valence-electron chi connectivity index (χ4n) is 6.38. The minimum Gasteiger partial charge on any atom is -0.494 e. The van der Waals surface area contributed by atoms with Crippen LogP contribution in [0.4, 0.5) is 27.8 Å². The highest BCUT2D eigenvalue weighted by Gasteiger charge is 2.18. The second kappa shape index (κ2) is 23.0. The van der Waals surface area contributed by atoms with Crippen LogP contribution in [0, 0.1) is 6.92 Å². The summed E-state index contributed by atoms with van der Waals surface area (Å²) in [6.45, 7) is 11.5. The van der Waals surface area contributed by atoms with E-state index in [1.54, 1.807) is 76.1 Å². The number of nitrogen functional groups attached to an aromatic ring is 1. The standard InChI is InChI=1S/C37H43N9O6.C7H10N2O.CH5N/c1-37(2,3)52-36(49)43-26-10-11-29-25(18-26)21-42-46(29)14-8-9-15-51-30-20-24(34(39)48)19-27(38)32(30)41-12-6-7-13-45-33-28(44-35(45)40-4)16-23(22-47)17-31(33)50-5;1-3-9-7(5-10)4-6(2)8-9;1-2/h6-11,16-22,41H,12-15,38H2,1-5H3,(H2,39,48)(H,40,44)(H,43,49);4-5H,3H2,1-2H3;2H2,1H3/b7-6+,9-8+;;. The number of aryl methyl sites for hydroxylation is 2. The van der Waals surface area contributed by atoms with E-state index in [0.29, 0.717) is 70.9 Å². The molecule has 0 unspecified atom stereocenters. The number of anilines is 4. The molecule has 9 N–H and O–H groups in total. The van der Waals surface area contributed by atoms with Crippen LogP contribution in [0.5, 0.6) is 11.5 Å². The summed E-state index contributed by atoms with van der Waals surface area (Å²) in [6, 6.07) is 13.7. The van der Waals surface area contributed by atoms with E-state index in [2.05, 4.69) is 36.9 Å². The van der Waals surface area contributed by atoms with Gasteiger partial charge in [0, 0.05) is 48.9 Å². The Morgan fingerprint density at radius 3 is 2.31 bits per heavy atom. The van der Waals surface area contributed by atoms with Crippen LogP contribution in [0.2, 0.25) is 0 Å². The third-order valence-corrected chi connectivity index (χ3v) is 9.10. The summed E-state index contributed by atoms with van der Waals surface area (Å²) in [5, 5.41) is 18.5. The summed E-state index contributed by atoms with van der Waals surface area (Å²) in [5.41, 5.74) is 21.7. The third kappa shape index (κ3) is 12.9. The highest BCUT2D eigenvalue weighted by Crippen LogP contribution is 2.33. The zero-order valence-corrected chi connectivity index (χ0v) is 37.5. The number of hydrogen-bond acceptors (Lipinski definition) is 14. The van der Waals surface area contributed by atoms with Gasteiger partial charge >= 0.3 is 6.09 Å². The van der Waals surface area contributed by atoms with E-state index in [1.807, 2.05) is 59.5 Å². The van der Waals surface area contributed by atoms with E-state index < -0.39 is 17.6 Å². The normalized spacial score (nSPS) is 11.1. The molecule has 0 bridgehead atoms. The Kier molecular flexibility index (Phi) is 17.6. The highest BCUT2D eigenvalue weighted by molar-refractivity contribution is 5.96. The molecule has 0 saturated carbocycles. The molecule has 19 heteroatoms. The monoisotopic (exact) mass is 878 g/mol. The van der Waals surface area contributed by atoms with E-state index in [1.165, 1.54) is 13.1 Å². The number of nitrogens with two attached hydrogens (primary N) is 3. The number of amides is 2. The number of ether oxygens (including phenoxy) is 3. The molecule has 64 heavy (non-hydrogen) atoms. The topological polar surface area (TPSA) is 264 Å². The molecule has 0 radical (unpaired) electrons. The van der Waals surface area contributed by atoms with Gasteiger partial charge in [-0.15, -0.1) is 0 Å².